The number of aryl methyl sites for hydroxylation is 1. The lowest BCUT2D eigenvalue weighted by Crippen LogP contribution is -1.94. The van der Waals surface area contributed by atoms with E-state index in [9.17, 15) is 0 Å². The highest BCUT2D eigenvalue weighted by Crippen LogP contribution is 2.25. The number of pyridine rings is 1. The zero-order chi connectivity index (χ0) is 14.1. The molecule has 0 aliphatic rings. The van der Waals surface area contributed by atoms with Gasteiger partial charge in [0, 0.05) is 18.5 Å². The Kier molecular flexibility index (Phi) is 3.18. The summed E-state index contributed by atoms with van der Waals surface area (Å²) in [6.07, 6.45) is 3.69. The molecule has 0 unspecified atom stereocenters. The molecule has 2 aromatic heterocycles. The fourth-order valence-electron chi connectivity index (χ4n) is 2.24. The first kappa shape index (κ1) is 12.7. The van der Waals surface area contributed by atoms with E-state index in [1.54, 1.807) is 6.20 Å². The van der Waals surface area contributed by atoms with Gasteiger partial charge in [0.05, 0.1) is 0 Å². The summed E-state index contributed by atoms with van der Waals surface area (Å²) in [7, 11) is 0. The van der Waals surface area contributed by atoms with Crippen LogP contribution in [0.15, 0.2) is 48.8 Å². The Morgan fingerprint density at radius 2 is 1.85 bits per heavy atom. The third kappa shape index (κ3) is 2.39. The zero-order valence-electron chi connectivity index (χ0n) is 12.0. The highest BCUT2D eigenvalue weighted by atomic mass is 16.5. The summed E-state index contributed by atoms with van der Waals surface area (Å²) in [5.41, 5.74) is 3.35. The Balaban J connectivity index is 1.94. The predicted molar refractivity (Wildman–Crippen MR) is 80.5 cm³/mol. The van der Waals surface area contributed by atoms with Crippen LogP contribution in [0.5, 0.6) is 11.6 Å². The van der Waals surface area contributed by atoms with Crippen LogP contribution in [0.1, 0.15) is 30.9 Å². The number of fused-ring (bicyclic) bond motifs is 1. The van der Waals surface area contributed by atoms with Gasteiger partial charge in [-0.3, -0.25) is 4.40 Å². The average molecular weight is 266 g/mol. The molecule has 0 aliphatic heterocycles. The summed E-state index contributed by atoms with van der Waals surface area (Å²) in [5, 5.41) is 0. The van der Waals surface area contributed by atoms with Crippen molar-refractivity contribution in [3.63, 3.8) is 0 Å². The third-order valence-corrected chi connectivity index (χ3v) is 3.38. The van der Waals surface area contributed by atoms with E-state index >= 15 is 0 Å². The first-order valence-electron chi connectivity index (χ1n) is 6.85. The number of ether oxygens (including phenoxy) is 1. The maximum absolute atomic E-state index is 5.99. The minimum atomic E-state index is 0.531. The van der Waals surface area contributed by atoms with Crippen molar-refractivity contribution < 1.29 is 4.74 Å². The lowest BCUT2D eigenvalue weighted by atomic mass is 10.0. The van der Waals surface area contributed by atoms with Crippen LogP contribution in [0.25, 0.3) is 5.65 Å². The van der Waals surface area contributed by atoms with E-state index in [2.05, 4.69) is 31.0 Å². The van der Waals surface area contributed by atoms with Crippen LogP contribution in [0.4, 0.5) is 0 Å². The summed E-state index contributed by atoms with van der Waals surface area (Å²) in [6, 6.07) is 12.3. The lowest BCUT2D eigenvalue weighted by molar-refractivity contribution is 0.455. The van der Waals surface area contributed by atoms with Gasteiger partial charge in [-0.05, 0) is 42.2 Å². The van der Waals surface area contributed by atoms with E-state index in [4.69, 9.17) is 4.74 Å². The monoisotopic (exact) mass is 266 g/mol. The van der Waals surface area contributed by atoms with Gasteiger partial charge >= 0.3 is 0 Å². The number of aromatic nitrogens is 2. The molecule has 0 amide bonds. The maximum Gasteiger partial charge on any atom is 0.206 e. The van der Waals surface area contributed by atoms with Crippen LogP contribution in [0.3, 0.4) is 0 Å². The molecular weight excluding hydrogens is 248 g/mol. The molecule has 0 N–H and O–H groups in total. The van der Waals surface area contributed by atoms with Crippen molar-refractivity contribution in [2.45, 2.75) is 26.7 Å². The Labute approximate surface area is 118 Å². The second-order valence-electron chi connectivity index (χ2n) is 5.35. The van der Waals surface area contributed by atoms with Gasteiger partial charge in [-0.25, -0.2) is 4.98 Å². The minimum absolute atomic E-state index is 0.531. The summed E-state index contributed by atoms with van der Waals surface area (Å²) in [5.74, 6) is 2.16. The predicted octanol–water partition coefficient (Wildman–Crippen LogP) is 4.56. The Bertz CT molecular complexity index is 726. The molecule has 0 atom stereocenters. The van der Waals surface area contributed by atoms with Crippen LogP contribution < -0.4 is 4.74 Å². The van der Waals surface area contributed by atoms with Crippen molar-refractivity contribution in [1.29, 1.82) is 0 Å². The minimum Gasteiger partial charge on any atom is -0.440 e. The molecule has 1 aromatic carbocycles. The van der Waals surface area contributed by atoms with E-state index in [-0.39, 0.29) is 0 Å². The molecule has 2 heterocycles. The summed E-state index contributed by atoms with van der Waals surface area (Å²) >= 11 is 0. The third-order valence-electron chi connectivity index (χ3n) is 3.38. The van der Waals surface area contributed by atoms with E-state index < -0.39 is 0 Å². The molecule has 0 fully saturated rings. The summed E-state index contributed by atoms with van der Waals surface area (Å²) in [4.78, 5) is 4.30. The maximum atomic E-state index is 5.99. The van der Waals surface area contributed by atoms with E-state index in [0.717, 1.165) is 22.8 Å². The fraction of sp³-hybridized carbons (Fsp3) is 0.235. The largest absolute Gasteiger partial charge is 0.440 e. The molecule has 0 radical (unpaired) electrons. The Morgan fingerprint density at radius 3 is 2.55 bits per heavy atom. The standard InChI is InChI=1S/C17H18N2O/c1-12(2)14-4-6-15(7-5-14)20-17-11-13(3)10-16-18-8-9-19(16)17/h4-12H,1-3H3. The van der Waals surface area contributed by atoms with Gasteiger partial charge in [0.25, 0.3) is 0 Å². The number of imidazole rings is 1. The molecule has 0 saturated carbocycles. The molecule has 3 heteroatoms. The number of hydrogen-bond acceptors (Lipinski definition) is 2. The quantitative estimate of drug-likeness (QED) is 0.694. The molecule has 102 valence electrons. The van der Waals surface area contributed by atoms with Crippen LogP contribution in [-0.4, -0.2) is 9.38 Å². The first-order chi connectivity index (χ1) is 9.63. The Morgan fingerprint density at radius 1 is 1.10 bits per heavy atom. The van der Waals surface area contributed by atoms with E-state index in [1.165, 1.54) is 5.56 Å². The smallest absolute Gasteiger partial charge is 0.206 e. The number of rotatable bonds is 3. The molecule has 3 nitrogen and oxygen atoms in total. The molecule has 0 saturated heterocycles. The molecule has 0 bridgehead atoms. The van der Waals surface area contributed by atoms with Crippen molar-refractivity contribution in [2.75, 3.05) is 0 Å². The van der Waals surface area contributed by atoms with Gasteiger partial charge in [0.15, 0.2) is 0 Å². The van der Waals surface area contributed by atoms with Crippen LogP contribution in [-0.2, 0) is 0 Å². The van der Waals surface area contributed by atoms with Crippen molar-refractivity contribution in [3.8, 4) is 11.6 Å². The van der Waals surface area contributed by atoms with Crippen molar-refractivity contribution in [1.82, 2.24) is 9.38 Å². The van der Waals surface area contributed by atoms with Gasteiger partial charge in [0.2, 0.25) is 5.88 Å². The SMILES string of the molecule is Cc1cc(Oc2ccc(C(C)C)cc2)n2ccnc2c1. The second-order valence-corrected chi connectivity index (χ2v) is 5.35. The van der Waals surface area contributed by atoms with Gasteiger partial charge in [-0.15, -0.1) is 0 Å². The van der Waals surface area contributed by atoms with E-state index in [0.29, 0.717) is 5.92 Å². The van der Waals surface area contributed by atoms with Crippen LogP contribution in [0, 0.1) is 6.92 Å². The molecular formula is C17H18N2O. The zero-order valence-corrected chi connectivity index (χ0v) is 12.0. The van der Waals surface area contributed by atoms with Gasteiger partial charge < -0.3 is 4.74 Å². The number of hydrogen-bond donors (Lipinski definition) is 0. The van der Waals surface area contributed by atoms with Gasteiger partial charge in [-0.2, -0.15) is 0 Å². The van der Waals surface area contributed by atoms with Gasteiger partial charge in [-0.1, -0.05) is 26.0 Å². The second kappa shape index (κ2) is 5.00. The highest BCUT2D eigenvalue weighted by Gasteiger charge is 2.06. The normalized spacial score (nSPS) is 11.2. The molecule has 0 spiro atoms. The molecule has 3 rings (SSSR count). The van der Waals surface area contributed by atoms with Crippen LogP contribution in [0.2, 0.25) is 0 Å². The molecule has 0 aliphatic carbocycles. The summed E-state index contributed by atoms with van der Waals surface area (Å²) in [6.45, 7) is 6.42. The van der Waals surface area contributed by atoms with Crippen molar-refractivity contribution in [3.05, 3.63) is 59.9 Å². The number of benzene rings is 1. The highest BCUT2D eigenvalue weighted by molar-refractivity contribution is 5.46. The fourth-order valence-corrected chi connectivity index (χ4v) is 2.24. The summed E-state index contributed by atoms with van der Waals surface area (Å²) < 4.78 is 7.94. The van der Waals surface area contributed by atoms with Crippen molar-refractivity contribution in [2.24, 2.45) is 0 Å². The Hall–Kier alpha value is -2.29. The topological polar surface area (TPSA) is 26.5 Å². The molecule has 3 aromatic rings. The van der Waals surface area contributed by atoms with E-state index in [1.807, 2.05) is 41.8 Å². The van der Waals surface area contributed by atoms with Crippen LogP contribution >= 0.6 is 0 Å². The average Bonchev–Trinajstić information content (AvgIpc) is 2.87. The lowest BCUT2D eigenvalue weighted by Gasteiger charge is -2.10. The van der Waals surface area contributed by atoms with Gasteiger partial charge in [0.1, 0.15) is 11.4 Å². The first-order valence-corrected chi connectivity index (χ1v) is 6.85. The number of nitrogens with zero attached hydrogens (tertiary/aromatic N) is 2. The molecule has 20 heavy (non-hydrogen) atoms. The van der Waals surface area contributed by atoms with Crippen molar-refractivity contribution >= 4 is 5.65 Å².